The van der Waals surface area contributed by atoms with E-state index < -0.39 is 12.2 Å². The lowest BCUT2D eigenvalue weighted by molar-refractivity contribution is 0.144. The summed E-state index contributed by atoms with van der Waals surface area (Å²) in [6.45, 7) is 2.88. The average Bonchev–Trinajstić information content (AvgIpc) is 3.77. The zero-order chi connectivity index (χ0) is 27.5. The Kier molecular flexibility index (Phi) is 7.19. The van der Waals surface area contributed by atoms with Crippen LogP contribution in [0, 0.1) is 0 Å². The van der Waals surface area contributed by atoms with Crippen molar-refractivity contribution in [3.05, 3.63) is 113 Å². The van der Waals surface area contributed by atoms with E-state index in [0.717, 1.165) is 16.8 Å². The van der Waals surface area contributed by atoms with Gasteiger partial charge in [-0.2, -0.15) is 0 Å². The largest absolute Gasteiger partial charge is 0.444 e. The molecule has 4 aromatic carbocycles. The summed E-state index contributed by atoms with van der Waals surface area (Å²) in [5.41, 5.74) is 5.19. The second-order valence-corrected chi connectivity index (χ2v) is 10.4. The Labute approximate surface area is 233 Å². The quantitative estimate of drug-likeness (QED) is 0.216. The van der Waals surface area contributed by atoms with Gasteiger partial charge in [0, 0.05) is 18.2 Å². The minimum absolute atomic E-state index is 0.0798. The summed E-state index contributed by atoms with van der Waals surface area (Å²) in [6.07, 6.45) is 0.973. The molecule has 0 spiro atoms. The van der Waals surface area contributed by atoms with Crippen molar-refractivity contribution >= 4 is 34.6 Å². The van der Waals surface area contributed by atoms with Crippen LogP contribution in [0.5, 0.6) is 0 Å². The second kappa shape index (κ2) is 11.2. The molecule has 4 aromatic rings. The SMILES string of the molecule is CC1CN(C(=NC(=O)OCc2ccccc2)NC(=O)OCc2ccccc2)c2ccc3c(C4CC4)cccc3c21. The first-order valence-electron chi connectivity index (χ1n) is 13.7. The number of carbonyl (C=O) groups excluding carboxylic acids is 2. The van der Waals surface area contributed by atoms with E-state index in [0.29, 0.717) is 12.5 Å². The predicted molar refractivity (Wildman–Crippen MR) is 156 cm³/mol. The third kappa shape index (κ3) is 5.54. The Balaban J connectivity index is 1.28. The molecule has 1 aliphatic carbocycles. The van der Waals surface area contributed by atoms with Crippen molar-refractivity contribution in [1.29, 1.82) is 0 Å². The molecule has 6 rings (SSSR count). The number of fused-ring (bicyclic) bond motifs is 3. The van der Waals surface area contributed by atoms with Crippen LogP contribution in [0.2, 0.25) is 0 Å². The minimum atomic E-state index is -0.792. The van der Waals surface area contributed by atoms with Gasteiger partial charge in [-0.15, -0.1) is 4.99 Å². The molecule has 202 valence electrons. The maximum absolute atomic E-state index is 12.9. The molecule has 0 saturated heterocycles. The maximum atomic E-state index is 12.9. The number of nitrogens with one attached hydrogen (secondary N) is 1. The summed E-state index contributed by atoms with van der Waals surface area (Å²) in [6, 6.07) is 29.5. The number of guanidine groups is 1. The molecule has 2 aliphatic rings. The van der Waals surface area contributed by atoms with Crippen LogP contribution in [0.4, 0.5) is 15.3 Å². The number of carbonyl (C=O) groups is 2. The first-order valence-corrected chi connectivity index (χ1v) is 13.7. The standard InChI is InChI=1S/C33H31N3O4/c1-22-19-36(29-18-17-27-26(25-15-16-25)13-8-14-28(27)30(22)29)31(34-32(37)39-20-23-9-4-2-5-10-23)35-33(38)40-21-24-11-6-3-7-12-24/h2-14,17-18,22,25H,15-16,19-21H2,1H3,(H,34,35,37,38). The monoisotopic (exact) mass is 533 g/mol. The van der Waals surface area contributed by atoms with Gasteiger partial charge < -0.3 is 14.4 Å². The Hall–Kier alpha value is -4.65. The van der Waals surface area contributed by atoms with Gasteiger partial charge in [0.2, 0.25) is 5.96 Å². The van der Waals surface area contributed by atoms with Crippen LogP contribution >= 0.6 is 0 Å². The predicted octanol–water partition coefficient (Wildman–Crippen LogP) is 7.26. The summed E-state index contributed by atoms with van der Waals surface area (Å²) in [5.74, 6) is 0.868. The molecular formula is C33H31N3O4. The zero-order valence-corrected chi connectivity index (χ0v) is 22.4. The molecule has 7 heteroatoms. The van der Waals surface area contributed by atoms with Gasteiger partial charge in [-0.25, -0.2) is 9.59 Å². The summed E-state index contributed by atoms with van der Waals surface area (Å²) >= 11 is 0. The summed E-state index contributed by atoms with van der Waals surface area (Å²) in [5, 5.41) is 5.20. The summed E-state index contributed by atoms with van der Waals surface area (Å²) in [4.78, 5) is 31.8. The van der Waals surface area contributed by atoms with Gasteiger partial charge >= 0.3 is 12.2 Å². The van der Waals surface area contributed by atoms with Crippen LogP contribution in [0.3, 0.4) is 0 Å². The van der Waals surface area contributed by atoms with E-state index in [4.69, 9.17) is 9.47 Å². The molecular weight excluding hydrogens is 502 g/mol. The van der Waals surface area contributed by atoms with Crippen LogP contribution in [0.1, 0.15) is 53.9 Å². The number of alkyl carbamates (subject to hydrolysis) is 1. The van der Waals surface area contributed by atoms with Crippen LogP contribution < -0.4 is 10.2 Å². The third-order valence-corrected chi connectivity index (χ3v) is 7.46. The van der Waals surface area contributed by atoms with Crippen LogP contribution in [-0.2, 0) is 22.7 Å². The molecule has 1 atom stereocenters. The van der Waals surface area contributed by atoms with Crippen molar-refractivity contribution in [2.45, 2.75) is 44.8 Å². The Bertz CT molecular complexity index is 1570. The van der Waals surface area contributed by atoms with Crippen LogP contribution in [0.15, 0.2) is 96.0 Å². The summed E-state index contributed by atoms with van der Waals surface area (Å²) in [7, 11) is 0. The van der Waals surface area contributed by atoms with E-state index in [1.165, 1.54) is 34.7 Å². The van der Waals surface area contributed by atoms with Gasteiger partial charge in [-0.1, -0.05) is 91.9 Å². The zero-order valence-electron chi connectivity index (χ0n) is 22.4. The number of nitrogens with zero attached hydrogens (tertiary/aromatic N) is 2. The molecule has 1 unspecified atom stereocenters. The minimum Gasteiger partial charge on any atom is -0.444 e. The fourth-order valence-electron chi connectivity index (χ4n) is 5.41. The van der Waals surface area contributed by atoms with Gasteiger partial charge in [0.05, 0.1) is 0 Å². The molecule has 1 aliphatic heterocycles. The van der Waals surface area contributed by atoms with Gasteiger partial charge in [-0.3, -0.25) is 5.32 Å². The smallest absolute Gasteiger partial charge is 0.437 e. The van der Waals surface area contributed by atoms with E-state index in [-0.39, 0.29) is 25.1 Å². The van der Waals surface area contributed by atoms with E-state index in [1.54, 1.807) is 0 Å². The van der Waals surface area contributed by atoms with Gasteiger partial charge in [0.1, 0.15) is 13.2 Å². The molecule has 1 N–H and O–H groups in total. The fraction of sp³-hybridized carbons (Fsp3) is 0.242. The topological polar surface area (TPSA) is 80.2 Å². The van der Waals surface area contributed by atoms with Crippen molar-refractivity contribution in [3.8, 4) is 0 Å². The fourth-order valence-corrected chi connectivity index (χ4v) is 5.41. The van der Waals surface area contributed by atoms with E-state index in [9.17, 15) is 9.59 Å². The maximum Gasteiger partial charge on any atom is 0.437 e. The molecule has 40 heavy (non-hydrogen) atoms. The van der Waals surface area contributed by atoms with Crippen molar-refractivity contribution < 1.29 is 19.1 Å². The van der Waals surface area contributed by atoms with Crippen molar-refractivity contribution in [2.75, 3.05) is 11.4 Å². The van der Waals surface area contributed by atoms with Crippen LogP contribution in [0.25, 0.3) is 10.8 Å². The normalized spacial score (nSPS) is 16.5. The second-order valence-electron chi connectivity index (χ2n) is 10.4. The highest BCUT2D eigenvalue weighted by Gasteiger charge is 2.33. The molecule has 1 heterocycles. The van der Waals surface area contributed by atoms with E-state index in [2.05, 4.69) is 47.6 Å². The lowest BCUT2D eigenvalue weighted by Crippen LogP contribution is -2.44. The van der Waals surface area contributed by atoms with E-state index >= 15 is 0 Å². The average molecular weight is 534 g/mol. The van der Waals surface area contributed by atoms with Gasteiger partial charge in [0.25, 0.3) is 0 Å². The Morgan fingerprint density at radius 1 is 0.825 bits per heavy atom. The molecule has 7 nitrogen and oxygen atoms in total. The summed E-state index contributed by atoms with van der Waals surface area (Å²) < 4.78 is 10.9. The number of amides is 2. The van der Waals surface area contributed by atoms with Gasteiger partial charge in [0.15, 0.2) is 0 Å². The Morgan fingerprint density at radius 3 is 2.17 bits per heavy atom. The number of rotatable bonds is 5. The first-order chi connectivity index (χ1) is 19.6. The molecule has 1 saturated carbocycles. The first kappa shape index (κ1) is 25.6. The highest BCUT2D eigenvalue weighted by molar-refractivity contribution is 6.10. The highest BCUT2D eigenvalue weighted by atomic mass is 16.6. The number of benzene rings is 4. The number of hydrogen-bond acceptors (Lipinski definition) is 4. The number of anilines is 1. The lowest BCUT2D eigenvalue weighted by Gasteiger charge is -2.22. The molecule has 2 amide bonds. The molecule has 0 aromatic heterocycles. The molecule has 0 radical (unpaired) electrons. The van der Waals surface area contributed by atoms with Crippen LogP contribution in [-0.4, -0.2) is 24.7 Å². The third-order valence-electron chi connectivity index (χ3n) is 7.46. The highest BCUT2D eigenvalue weighted by Crippen LogP contribution is 2.47. The lowest BCUT2D eigenvalue weighted by atomic mass is 9.92. The number of ether oxygens (including phenoxy) is 2. The van der Waals surface area contributed by atoms with E-state index in [1.807, 2.05) is 65.6 Å². The Morgan fingerprint density at radius 2 is 1.50 bits per heavy atom. The van der Waals surface area contributed by atoms with Crippen molar-refractivity contribution in [1.82, 2.24) is 5.32 Å². The molecule has 0 bridgehead atoms. The molecule has 1 fully saturated rings. The van der Waals surface area contributed by atoms with Crippen molar-refractivity contribution in [3.63, 3.8) is 0 Å². The number of aliphatic imine (C=N–C) groups is 1. The van der Waals surface area contributed by atoms with Gasteiger partial charge in [-0.05, 0) is 57.9 Å². The number of hydrogen-bond donors (Lipinski definition) is 1. The van der Waals surface area contributed by atoms with Crippen molar-refractivity contribution in [2.24, 2.45) is 4.99 Å².